The largest absolute Gasteiger partial charge is 0.508 e. The molecule has 38 heavy (non-hydrogen) atoms. The van der Waals surface area contributed by atoms with Gasteiger partial charge in [-0.15, -0.1) is 10.2 Å². The zero-order valence-electron chi connectivity index (χ0n) is 21.7. The number of benzene rings is 3. The summed E-state index contributed by atoms with van der Waals surface area (Å²) in [5, 5.41) is 35.4. The third kappa shape index (κ3) is 6.33. The first-order valence-corrected chi connectivity index (χ1v) is 12.1. The summed E-state index contributed by atoms with van der Waals surface area (Å²) in [5.74, 6) is -0.629. The lowest BCUT2D eigenvalue weighted by molar-refractivity contribution is -0.128. The molecule has 1 heterocycles. The Hall–Kier alpha value is -4.73. The summed E-state index contributed by atoms with van der Waals surface area (Å²) < 4.78 is 0. The molecule has 0 aliphatic heterocycles. The molecular formula is C28H30N6O4. The molecule has 0 bridgehead atoms. The summed E-state index contributed by atoms with van der Waals surface area (Å²) in [4.78, 5) is 30.0. The van der Waals surface area contributed by atoms with E-state index >= 15 is 0 Å². The number of phenolic OH excluding ortho intramolecular Hbond substituents is 2. The van der Waals surface area contributed by atoms with Gasteiger partial charge in [-0.2, -0.15) is 4.80 Å². The lowest BCUT2D eigenvalue weighted by Gasteiger charge is -2.33. The molecule has 1 atom stereocenters. The molecule has 1 aromatic heterocycles. The van der Waals surface area contributed by atoms with Crippen LogP contribution in [-0.4, -0.2) is 47.8 Å². The van der Waals surface area contributed by atoms with Crippen molar-refractivity contribution in [2.45, 2.75) is 45.8 Å². The maximum Gasteiger partial charge on any atom is 0.251 e. The monoisotopic (exact) mass is 514 g/mol. The summed E-state index contributed by atoms with van der Waals surface area (Å²) in [6, 6.07) is 18.6. The van der Waals surface area contributed by atoms with Gasteiger partial charge in [0.2, 0.25) is 11.7 Å². The Labute approximate surface area is 220 Å². The average molecular weight is 515 g/mol. The smallest absolute Gasteiger partial charge is 0.251 e. The number of aromatic hydroxyl groups is 2. The molecule has 3 N–H and O–H groups in total. The maximum absolute atomic E-state index is 13.9. The fourth-order valence-corrected chi connectivity index (χ4v) is 3.92. The van der Waals surface area contributed by atoms with Crippen molar-refractivity contribution in [3.63, 3.8) is 0 Å². The van der Waals surface area contributed by atoms with Crippen LogP contribution in [0.4, 0.5) is 5.69 Å². The quantitative estimate of drug-likeness (QED) is 0.342. The molecule has 0 saturated carbocycles. The molecule has 10 heteroatoms. The number of phenols is 2. The second-order valence-electron chi connectivity index (χ2n) is 10.0. The first-order chi connectivity index (χ1) is 18.0. The fraction of sp³-hybridized carbons (Fsp3) is 0.250. The minimum Gasteiger partial charge on any atom is -0.508 e. The van der Waals surface area contributed by atoms with Crippen LogP contribution in [0.5, 0.6) is 11.5 Å². The number of anilines is 1. The van der Waals surface area contributed by atoms with E-state index in [1.165, 1.54) is 34.0 Å². The minimum atomic E-state index is -1.12. The molecule has 4 aromatic rings. The number of tetrazole rings is 1. The number of rotatable bonds is 7. The van der Waals surface area contributed by atoms with Crippen molar-refractivity contribution < 1.29 is 19.8 Å². The third-order valence-corrected chi connectivity index (χ3v) is 5.63. The van der Waals surface area contributed by atoms with Gasteiger partial charge in [0, 0.05) is 22.9 Å². The van der Waals surface area contributed by atoms with E-state index in [4.69, 9.17) is 0 Å². The van der Waals surface area contributed by atoms with Crippen LogP contribution in [0.15, 0.2) is 72.8 Å². The van der Waals surface area contributed by atoms with E-state index in [1.54, 1.807) is 24.3 Å². The summed E-state index contributed by atoms with van der Waals surface area (Å²) in [7, 11) is 0. The van der Waals surface area contributed by atoms with E-state index in [1.807, 2.05) is 52.0 Å². The first kappa shape index (κ1) is 26.3. The number of nitrogens with one attached hydrogen (secondary N) is 1. The predicted molar refractivity (Wildman–Crippen MR) is 142 cm³/mol. The minimum absolute atomic E-state index is 0.0226. The molecular weight excluding hydrogens is 484 g/mol. The Bertz CT molecular complexity index is 1420. The van der Waals surface area contributed by atoms with Gasteiger partial charge < -0.3 is 15.5 Å². The van der Waals surface area contributed by atoms with Gasteiger partial charge in [-0.3, -0.25) is 14.5 Å². The molecule has 0 radical (unpaired) electrons. The number of amides is 2. The Morgan fingerprint density at radius 1 is 0.974 bits per heavy atom. The standard InChI is InChI=1S/C28H30N6O4/c1-18-8-10-20(11-9-18)26-30-32-33(31-26)17-24(37)34(21-6-5-7-23(36)16-21)25(27(38)29-28(2,3)4)19-12-14-22(35)15-13-19/h5-16,25,35-36H,17H2,1-4H3,(H,29,38)/t25-/m1/s1. The highest BCUT2D eigenvalue weighted by Crippen LogP contribution is 2.31. The molecule has 2 amide bonds. The number of hydrogen-bond donors (Lipinski definition) is 3. The van der Waals surface area contributed by atoms with Gasteiger partial charge in [0.25, 0.3) is 5.91 Å². The second-order valence-corrected chi connectivity index (χ2v) is 10.0. The van der Waals surface area contributed by atoms with E-state index in [-0.39, 0.29) is 18.0 Å². The van der Waals surface area contributed by atoms with E-state index in [9.17, 15) is 19.8 Å². The zero-order valence-corrected chi connectivity index (χ0v) is 21.7. The number of aromatic nitrogens is 4. The summed E-state index contributed by atoms with van der Waals surface area (Å²) >= 11 is 0. The normalized spacial score (nSPS) is 12.1. The Kier molecular flexibility index (Phi) is 7.43. The summed E-state index contributed by atoms with van der Waals surface area (Å²) in [6.07, 6.45) is 0. The van der Waals surface area contributed by atoms with Gasteiger partial charge >= 0.3 is 0 Å². The first-order valence-electron chi connectivity index (χ1n) is 12.1. The summed E-state index contributed by atoms with van der Waals surface area (Å²) in [5.41, 5.74) is 2.03. The van der Waals surface area contributed by atoms with Crippen LogP contribution < -0.4 is 10.2 Å². The van der Waals surface area contributed by atoms with Gasteiger partial charge in [-0.25, -0.2) is 0 Å². The highest BCUT2D eigenvalue weighted by atomic mass is 16.3. The second kappa shape index (κ2) is 10.7. The Balaban J connectivity index is 1.74. The summed E-state index contributed by atoms with van der Waals surface area (Å²) in [6.45, 7) is 7.18. The van der Waals surface area contributed by atoms with Crippen molar-refractivity contribution in [2.24, 2.45) is 0 Å². The van der Waals surface area contributed by atoms with Gasteiger partial charge in [0.15, 0.2) is 0 Å². The Morgan fingerprint density at radius 2 is 1.66 bits per heavy atom. The molecule has 4 rings (SSSR count). The maximum atomic E-state index is 13.9. The molecule has 3 aromatic carbocycles. The van der Waals surface area contributed by atoms with Crippen molar-refractivity contribution in [3.05, 3.63) is 83.9 Å². The van der Waals surface area contributed by atoms with Crippen LogP contribution in [0.2, 0.25) is 0 Å². The van der Waals surface area contributed by atoms with Crippen molar-refractivity contribution in [2.75, 3.05) is 4.90 Å². The molecule has 0 unspecified atom stereocenters. The molecule has 196 valence electrons. The van der Waals surface area contributed by atoms with Crippen LogP contribution in [0.3, 0.4) is 0 Å². The van der Waals surface area contributed by atoms with E-state index < -0.39 is 23.4 Å². The van der Waals surface area contributed by atoms with Crippen molar-refractivity contribution in [1.29, 1.82) is 0 Å². The molecule has 0 fully saturated rings. The number of aryl methyl sites for hydroxylation is 1. The lowest BCUT2D eigenvalue weighted by Crippen LogP contribution is -2.50. The number of hydrogen-bond acceptors (Lipinski definition) is 7. The van der Waals surface area contributed by atoms with Crippen molar-refractivity contribution >= 4 is 17.5 Å². The third-order valence-electron chi connectivity index (χ3n) is 5.63. The van der Waals surface area contributed by atoms with Crippen LogP contribution in [0.25, 0.3) is 11.4 Å². The number of carbonyl (C=O) groups excluding carboxylic acids is 2. The highest BCUT2D eigenvalue weighted by molar-refractivity contribution is 6.01. The van der Waals surface area contributed by atoms with Gasteiger partial charge in [0.05, 0.1) is 0 Å². The molecule has 0 aliphatic carbocycles. The van der Waals surface area contributed by atoms with Crippen LogP contribution >= 0.6 is 0 Å². The Morgan fingerprint density at radius 3 is 2.29 bits per heavy atom. The number of nitrogens with zero attached hydrogens (tertiary/aromatic N) is 5. The SMILES string of the molecule is Cc1ccc(-c2nnn(CC(=O)N(c3cccc(O)c3)[C@@H](C(=O)NC(C)(C)C)c3ccc(O)cc3)n2)cc1. The van der Waals surface area contributed by atoms with Crippen LogP contribution in [0.1, 0.15) is 37.9 Å². The topological polar surface area (TPSA) is 133 Å². The van der Waals surface area contributed by atoms with Crippen molar-refractivity contribution in [1.82, 2.24) is 25.5 Å². The van der Waals surface area contributed by atoms with E-state index in [0.717, 1.165) is 11.1 Å². The lowest BCUT2D eigenvalue weighted by atomic mass is 10.0. The molecule has 10 nitrogen and oxygen atoms in total. The number of carbonyl (C=O) groups is 2. The predicted octanol–water partition coefficient (Wildman–Crippen LogP) is 3.75. The van der Waals surface area contributed by atoms with Crippen LogP contribution in [-0.2, 0) is 16.1 Å². The zero-order chi connectivity index (χ0) is 27.4. The van der Waals surface area contributed by atoms with E-state index in [2.05, 4.69) is 20.7 Å². The highest BCUT2D eigenvalue weighted by Gasteiger charge is 2.35. The van der Waals surface area contributed by atoms with Gasteiger partial charge in [-0.1, -0.05) is 48.0 Å². The molecule has 0 saturated heterocycles. The van der Waals surface area contributed by atoms with Gasteiger partial charge in [0.1, 0.15) is 24.1 Å². The molecule has 0 spiro atoms. The average Bonchev–Trinajstić information content (AvgIpc) is 3.30. The van der Waals surface area contributed by atoms with Crippen molar-refractivity contribution in [3.8, 4) is 22.9 Å². The van der Waals surface area contributed by atoms with Crippen LogP contribution in [0, 0.1) is 6.92 Å². The molecule has 0 aliphatic rings. The van der Waals surface area contributed by atoms with Gasteiger partial charge in [-0.05, 0) is 62.7 Å². The van der Waals surface area contributed by atoms with E-state index in [0.29, 0.717) is 17.1 Å². The fourth-order valence-electron chi connectivity index (χ4n) is 3.92.